The van der Waals surface area contributed by atoms with Crippen LogP contribution in [-0.4, -0.2) is 16.2 Å². The average molecular weight is 334 g/mol. The lowest BCUT2D eigenvalue weighted by molar-refractivity contribution is -0.137. The molecule has 0 saturated heterocycles. The first-order chi connectivity index (χ1) is 12.1. The number of carbonyl (C=O) groups is 1. The molecule has 5 heteroatoms. The summed E-state index contributed by atoms with van der Waals surface area (Å²) in [5, 5.41) is 29.0. The topological polar surface area (TPSA) is 82.2 Å². The molecule has 0 aromatic heterocycles. The molecule has 0 amide bonds. The summed E-state index contributed by atoms with van der Waals surface area (Å²) in [6.45, 7) is 0. The van der Waals surface area contributed by atoms with Gasteiger partial charge in [-0.25, -0.2) is 0 Å². The Kier molecular flexibility index (Phi) is 5.04. The molecular formula is C20H18N2O3. The third-order valence-electron chi connectivity index (χ3n) is 3.94. The zero-order chi connectivity index (χ0) is 17.6. The number of aryl methyl sites for hydroxylation is 1. The van der Waals surface area contributed by atoms with Crippen LogP contribution < -0.4 is 0 Å². The number of benzene rings is 3. The summed E-state index contributed by atoms with van der Waals surface area (Å²) in [6, 6.07) is 18.6. The maximum absolute atomic E-state index is 10.5. The lowest BCUT2D eigenvalue weighted by atomic mass is 10.1. The molecule has 3 rings (SSSR count). The van der Waals surface area contributed by atoms with Gasteiger partial charge in [0.25, 0.3) is 0 Å². The van der Waals surface area contributed by atoms with E-state index in [4.69, 9.17) is 5.11 Å². The summed E-state index contributed by atoms with van der Waals surface area (Å²) in [6.07, 6.45) is 1.50. The fourth-order valence-corrected chi connectivity index (χ4v) is 2.63. The molecule has 126 valence electrons. The van der Waals surface area contributed by atoms with Gasteiger partial charge in [0.15, 0.2) is 0 Å². The summed E-state index contributed by atoms with van der Waals surface area (Å²) in [7, 11) is 0. The van der Waals surface area contributed by atoms with Crippen LogP contribution in [0.1, 0.15) is 18.4 Å². The van der Waals surface area contributed by atoms with Crippen LogP contribution in [0.15, 0.2) is 70.9 Å². The highest BCUT2D eigenvalue weighted by atomic mass is 16.4. The second-order valence-corrected chi connectivity index (χ2v) is 5.77. The number of fused-ring (bicyclic) bond motifs is 1. The van der Waals surface area contributed by atoms with E-state index in [1.54, 1.807) is 6.07 Å². The summed E-state index contributed by atoms with van der Waals surface area (Å²) in [4.78, 5) is 10.5. The number of aliphatic carboxylic acids is 1. The van der Waals surface area contributed by atoms with E-state index in [0.29, 0.717) is 24.2 Å². The molecule has 5 nitrogen and oxygen atoms in total. The number of azo groups is 1. The molecule has 0 unspecified atom stereocenters. The van der Waals surface area contributed by atoms with Crippen molar-refractivity contribution in [1.29, 1.82) is 0 Å². The van der Waals surface area contributed by atoms with Crippen molar-refractivity contribution in [1.82, 2.24) is 0 Å². The molecule has 3 aromatic carbocycles. The van der Waals surface area contributed by atoms with Crippen molar-refractivity contribution in [2.24, 2.45) is 10.2 Å². The van der Waals surface area contributed by atoms with Crippen molar-refractivity contribution < 1.29 is 15.0 Å². The van der Waals surface area contributed by atoms with Crippen LogP contribution in [0.25, 0.3) is 10.8 Å². The molecule has 0 heterocycles. The highest BCUT2D eigenvalue weighted by Crippen LogP contribution is 2.35. The molecule has 0 atom stereocenters. The zero-order valence-electron chi connectivity index (χ0n) is 13.6. The van der Waals surface area contributed by atoms with Gasteiger partial charge in [-0.2, -0.15) is 5.11 Å². The van der Waals surface area contributed by atoms with E-state index < -0.39 is 5.97 Å². The summed E-state index contributed by atoms with van der Waals surface area (Å²) < 4.78 is 0. The second-order valence-electron chi connectivity index (χ2n) is 5.77. The van der Waals surface area contributed by atoms with Crippen LogP contribution in [0.4, 0.5) is 11.4 Å². The highest BCUT2D eigenvalue weighted by molar-refractivity contribution is 5.95. The van der Waals surface area contributed by atoms with Crippen molar-refractivity contribution >= 4 is 28.1 Å². The largest absolute Gasteiger partial charge is 0.506 e. The number of carboxylic acids is 1. The van der Waals surface area contributed by atoms with Gasteiger partial charge < -0.3 is 10.2 Å². The molecule has 0 aliphatic heterocycles. The van der Waals surface area contributed by atoms with E-state index in [1.165, 1.54) is 0 Å². The van der Waals surface area contributed by atoms with Gasteiger partial charge in [-0.15, -0.1) is 5.11 Å². The molecular weight excluding hydrogens is 316 g/mol. The van der Waals surface area contributed by atoms with Crippen molar-refractivity contribution in [3.05, 3.63) is 66.2 Å². The van der Waals surface area contributed by atoms with Crippen molar-refractivity contribution in [2.45, 2.75) is 19.3 Å². The summed E-state index contributed by atoms with van der Waals surface area (Å²) >= 11 is 0. The standard InChI is InChI=1S/C20H18N2O3/c23-18-13-10-15-5-1-2-6-17(15)20(18)22-21-16-11-8-14(9-12-16)4-3-7-19(24)25/h1-2,5-6,8-13,23H,3-4,7H2,(H,24,25). The van der Waals surface area contributed by atoms with Crippen LogP contribution in [0.2, 0.25) is 0 Å². The maximum Gasteiger partial charge on any atom is 0.303 e. The number of hydrogen-bond acceptors (Lipinski definition) is 4. The third-order valence-corrected chi connectivity index (χ3v) is 3.94. The summed E-state index contributed by atoms with van der Waals surface area (Å²) in [5.41, 5.74) is 2.19. The van der Waals surface area contributed by atoms with Gasteiger partial charge in [-0.3, -0.25) is 4.79 Å². The Morgan fingerprint density at radius 2 is 1.68 bits per heavy atom. The third kappa shape index (κ3) is 4.20. The van der Waals surface area contributed by atoms with Gasteiger partial charge in [0.1, 0.15) is 11.4 Å². The number of nitrogens with zero attached hydrogens (tertiary/aromatic N) is 2. The molecule has 2 N–H and O–H groups in total. The minimum Gasteiger partial charge on any atom is -0.506 e. The van der Waals surface area contributed by atoms with E-state index in [0.717, 1.165) is 16.3 Å². The van der Waals surface area contributed by atoms with Gasteiger partial charge in [0, 0.05) is 11.8 Å². The molecule has 25 heavy (non-hydrogen) atoms. The quantitative estimate of drug-likeness (QED) is 0.595. The number of phenolic OH excluding ortho intramolecular Hbond substituents is 1. The number of carboxylic acid groups (broad SMARTS) is 1. The normalized spacial score (nSPS) is 11.2. The summed E-state index contributed by atoms with van der Waals surface area (Å²) in [5.74, 6) is -0.687. The van der Waals surface area contributed by atoms with Gasteiger partial charge in [-0.05, 0) is 42.0 Å². The van der Waals surface area contributed by atoms with E-state index in [-0.39, 0.29) is 12.2 Å². The van der Waals surface area contributed by atoms with E-state index >= 15 is 0 Å². The molecule has 0 saturated carbocycles. The first kappa shape index (κ1) is 16.6. The van der Waals surface area contributed by atoms with Crippen molar-refractivity contribution in [3.8, 4) is 5.75 Å². The molecule has 0 bridgehead atoms. The van der Waals surface area contributed by atoms with Gasteiger partial charge in [0.2, 0.25) is 0 Å². The minimum absolute atomic E-state index is 0.0905. The van der Waals surface area contributed by atoms with E-state index in [1.807, 2.05) is 54.6 Å². The maximum atomic E-state index is 10.5. The Hall–Kier alpha value is -3.21. The van der Waals surface area contributed by atoms with Crippen molar-refractivity contribution in [3.63, 3.8) is 0 Å². The Labute approximate surface area is 145 Å². The molecule has 0 aliphatic carbocycles. The lowest BCUT2D eigenvalue weighted by Crippen LogP contribution is -1.95. The van der Waals surface area contributed by atoms with E-state index in [2.05, 4.69) is 10.2 Å². The molecule has 0 spiro atoms. The Balaban J connectivity index is 1.76. The predicted molar refractivity (Wildman–Crippen MR) is 96.8 cm³/mol. The number of rotatable bonds is 6. The zero-order valence-corrected chi connectivity index (χ0v) is 13.6. The molecule has 0 fully saturated rings. The van der Waals surface area contributed by atoms with Gasteiger partial charge in [0.05, 0.1) is 5.69 Å². The minimum atomic E-state index is -0.777. The van der Waals surface area contributed by atoms with Crippen molar-refractivity contribution in [2.75, 3.05) is 0 Å². The first-order valence-electron chi connectivity index (χ1n) is 8.07. The molecule has 0 aliphatic rings. The number of hydrogen-bond donors (Lipinski definition) is 2. The van der Waals surface area contributed by atoms with Crippen LogP contribution in [0.5, 0.6) is 5.75 Å². The highest BCUT2D eigenvalue weighted by Gasteiger charge is 2.05. The second kappa shape index (κ2) is 7.57. The SMILES string of the molecule is O=C(O)CCCc1ccc(N=Nc2c(O)ccc3ccccc23)cc1. The Bertz CT molecular complexity index is 918. The smallest absolute Gasteiger partial charge is 0.303 e. The molecule has 0 radical (unpaired) electrons. The Morgan fingerprint density at radius 3 is 2.44 bits per heavy atom. The van der Waals surface area contributed by atoms with Crippen LogP contribution in [0.3, 0.4) is 0 Å². The monoisotopic (exact) mass is 334 g/mol. The lowest BCUT2D eigenvalue weighted by Gasteiger charge is -2.04. The predicted octanol–water partition coefficient (Wildman–Crippen LogP) is 5.37. The van der Waals surface area contributed by atoms with Crippen LogP contribution in [-0.2, 0) is 11.2 Å². The average Bonchev–Trinajstić information content (AvgIpc) is 2.62. The Morgan fingerprint density at radius 1 is 0.920 bits per heavy atom. The van der Waals surface area contributed by atoms with Gasteiger partial charge >= 0.3 is 5.97 Å². The van der Waals surface area contributed by atoms with E-state index in [9.17, 15) is 9.90 Å². The van der Waals surface area contributed by atoms with Crippen LogP contribution >= 0.6 is 0 Å². The fraction of sp³-hybridized carbons (Fsp3) is 0.150. The fourth-order valence-electron chi connectivity index (χ4n) is 2.63. The number of phenols is 1. The number of aromatic hydroxyl groups is 1. The first-order valence-corrected chi connectivity index (χ1v) is 8.07. The van der Waals surface area contributed by atoms with Gasteiger partial charge in [-0.1, -0.05) is 42.5 Å². The van der Waals surface area contributed by atoms with Crippen LogP contribution in [0, 0.1) is 0 Å². The molecule has 3 aromatic rings.